The van der Waals surface area contributed by atoms with Crippen molar-refractivity contribution >= 4 is 21.7 Å². The monoisotopic (exact) mass is 309 g/mol. The summed E-state index contributed by atoms with van der Waals surface area (Å²) in [6.07, 6.45) is 4.57. The van der Waals surface area contributed by atoms with Crippen molar-refractivity contribution in [3.8, 4) is 11.5 Å². The maximum atomic E-state index is 4.54. The van der Waals surface area contributed by atoms with Crippen molar-refractivity contribution < 1.29 is 0 Å². The van der Waals surface area contributed by atoms with Gasteiger partial charge in [-0.1, -0.05) is 6.92 Å². The number of hydrogen-bond donors (Lipinski definition) is 1. The van der Waals surface area contributed by atoms with Gasteiger partial charge in [0.1, 0.15) is 11.5 Å². The fourth-order valence-corrected chi connectivity index (χ4v) is 1.92. The van der Waals surface area contributed by atoms with Gasteiger partial charge >= 0.3 is 0 Å². The average Bonchev–Trinajstić information content (AvgIpc) is 2.77. The summed E-state index contributed by atoms with van der Waals surface area (Å²) in [4.78, 5) is 13.1. The third-order valence-electron chi connectivity index (χ3n) is 2.61. The molecule has 1 N–H and O–H groups in total. The molecule has 0 saturated heterocycles. The molecule has 0 radical (unpaired) electrons. The second kappa shape index (κ2) is 5.48. The molecule has 6 heteroatoms. The fourth-order valence-electron chi connectivity index (χ4n) is 1.61. The van der Waals surface area contributed by atoms with Crippen LogP contribution in [0.15, 0.2) is 17.0 Å². The minimum Gasteiger partial charge on any atom is -0.369 e. The Labute approximate surface area is 115 Å². The van der Waals surface area contributed by atoms with Crippen molar-refractivity contribution in [2.24, 2.45) is 7.05 Å². The molecule has 96 valence electrons. The molecular weight excluding hydrogens is 294 g/mol. The molecule has 0 spiro atoms. The second-order valence-electron chi connectivity index (χ2n) is 4.11. The maximum Gasteiger partial charge on any atom is 0.180 e. The van der Waals surface area contributed by atoms with Gasteiger partial charge in [-0.25, -0.2) is 15.0 Å². The predicted octanol–water partition coefficient (Wildman–Crippen LogP) is 2.77. The molecular formula is C12H16BrN5. The quantitative estimate of drug-likeness (QED) is 0.943. The lowest BCUT2D eigenvalue weighted by Crippen LogP contribution is -2.07. The van der Waals surface area contributed by atoms with Crippen LogP contribution in [0.3, 0.4) is 0 Å². The summed E-state index contributed by atoms with van der Waals surface area (Å²) in [5.41, 5.74) is 1.82. The van der Waals surface area contributed by atoms with E-state index in [1.165, 1.54) is 0 Å². The van der Waals surface area contributed by atoms with Crippen molar-refractivity contribution in [1.82, 2.24) is 19.5 Å². The van der Waals surface area contributed by atoms with E-state index in [0.717, 1.165) is 34.6 Å². The molecule has 2 aromatic heterocycles. The Hall–Kier alpha value is -1.43. The topological polar surface area (TPSA) is 55.6 Å². The standard InChI is InChI=1S/C12H16BrN5/c1-4-5-15-12-10(13)8(2)16-11(17-12)9-6-14-7-18(9)3/h6-7H,4-5H2,1-3H3,(H,15,16,17). The van der Waals surface area contributed by atoms with Crippen LogP contribution in [0.2, 0.25) is 0 Å². The lowest BCUT2D eigenvalue weighted by Gasteiger charge is -2.10. The van der Waals surface area contributed by atoms with E-state index in [1.54, 1.807) is 12.5 Å². The maximum absolute atomic E-state index is 4.54. The SMILES string of the molecule is CCCNc1nc(-c2cncn2C)nc(C)c1Br. The van der Waals surface area contributed by atoms with E-state index in [2.05, 4.69) is 43.1 Å². The van der Waals surface area contributed by atoms with Crippen molar-refractivity contribution in [1.29, 1.82) is 0 Å². The zero-order valence-corrected chi connectivity index (χ0v) is 12.3. The summed E-state index contributed by atoms with van der Waals surface area (Å²) >= 11 is 3.52. The largest absolute Gasteiger partial charge is 0.369 e. The summed E-state index contributed by atoms with van der Waals surface area (Å²) in [6.45, 7) is 4.97. The summed E-state index contributed by atoms with van der Waals surface area (Å²) in [5, 5.41) is 3.30. The Morgan fingerprint density at radius 1 is 1.39 bits per heavy atom. The van der Waals surface area contributed by atoms with E-state index in [9.17, 15) is 0 Å². The molecule has 0 aromatic carbocycles. The van der Waals surface area contributed by atoms with E-state index in [4.69, 9.17) is 0 Å². The lowest BCUT2D eigenvalue weighted by molar-refractivity contribution is 0.901. The Bertz CT molecular complexity index is 549. The Balaban J connectivity index is 2.44. The van der Waals surface area contributed by atoms with Crippen molar-refractivity contribution in [3.63, 3.8) is 0 Å². The number of imidazole rings is 1. The van der Waals surface area contributed by atoms with Crippen LogP contribution in [0, 0.1) is 6.92 Å². The zero-order chi connectivity index (χ0) is 13.1. The van der Waals surface area contributed by atoms with Crippen LogP contribution in [0.4, 0.5) is 5.82 Å². The molecule has 0 saturated carbocycles. The number of nitrogens with one attached hydrogen (secondary N) is 1. The van der Waals surface area contributed by atoms with Gasteiger partial charge in [0, 0.05) is 13.6 Å². The van der Waals surface area contributed by atoms with E-state index in [0.29, 0.717) is 5.82 Å². The third-order valence-corrected chi connectivity index (χ3v) is 3.55. The van der Waals surface area contributed by atoms with Crippen LogP contribution >= 0.6 is 15.9 Å². The first kappa shape index (κ1) is 13.0. The molecule has 0 unspecified atom stereocenters. The van der Waals surface area contributed by atoms with E-state index < -0.39 is 0 Å². The zero-order valence-electron chi connectivity index (χ0n) is 10.7. The number of aryl methyl sites for hydroxylation is 2. The van der Waals surface area contributed by atoms with Crippen LogP contribution in [0.5, 0.6) is 0 Å². The predicted molar refractivity (Wildman–Crippen MR) is 75.5 cm³/mol. The molecule has 0 fully saturated rings. The Morgan fingerprint density at radius 3 is 2.78 bits per heavy atom. The molecule has 0 aliphatic rings. The van der Waals surface area contributed by atoms with Gasteiger partial charge in [0.05, 0.1) is 22.7 Å². The number of hydrogen-bond acceptors (Lipinski definition) is 4. The van der Waals surface area contributed by atoms with Crippen LogP contribution < -0.4 is 5.32 Å². The van der Waals surface area contributed by atoms with Gasteiger partial charge in [0.15, 0.2) is 5.82 Å². The van der Waals surface area contributed by atoms with Crippen molar-refractivity contribution in [3.05, 3.63) is 22.7 Å². The fraction of sp³-hybridized carbons (Fsp3) is 0.417. The van der Waals surface area contributed by atoms with Crippen LogP contribution in [-0.2, 0) is 7.05 Å². The number of anilines is 1. The molecule has 0 amide bonds. The molecule has 0 aliphatic carbocycles. The molecule has 18 heavy (non-hydrogen) atoms. The third kappa shape index (κ3) is 2.53. The minimum atomic E-state index is 0.689. The normalized spacial score (nSPS) is 10.7. The molecule has 0 atom stereocenters. The molecule has 0 aliphatic heterocycles. The summed E-state index contributed by atoms with van der Waals surface area (Å²) < 4.78 is 2.83. The highest BCUT2D eigenvalue weighted by atomic mass is 79.9. The van der Waals surface area contributed by atoms with Gasteiger partial charge in [0.25, 0.3) is 0 Å². The number of aromatic nitrogens is 4. The van der Waals surface area contributed by atoms with Crippen molar-refractivity contribution in [2.45, 2.75) is 20.3 Å². The van der Waals surface area contributed by atoms with Crippen LogP contribution in [0.1, 0.15) is 19.0 Å². The Kier molecular flexibility index (Phi) is 3.96. The van der Waals surface area contributed by atoms with E-state index in [-0.39, 0.29) is 0 Å². The van der Waals surface area contributed by atoms with E-state index in [1.807, 2.05) is 18.5 Å². The highest BCUT2D eigenvalue weighted by Crippen LogP contribution is 2.26. The first-order chi connectivity index (χ1) is 8.63. The van der Waals surface area contributed by atoms with Gasteiger partial charge in [-0.15, -0.1) is 0 Å². The first-order valence-electron chi connectivity index (χ1n) is 5.88. The second-order valence-corrected chi connectivity index (χ2v) is 4.90. The molecule has 2 heterocycles. The Morgan fingerprint density at radius 2 is 2.17 bits per heavy atom. The smallest absolute Gasteiger partial charge is 0.180 e. The highest BCUT2D eigenvalue weighted by Gasteiger charge is 2.12. The van der Waals surface area contributed by atoms with Gasteiger partial charge in [0.2, 0.25) is 0 Å². The van der Waals surface area contributed by atoms with Gasteiger partial charge < -0.3 is 9.88 Å². The van der Waals surface area contributed by atoms with Gasteiger partial charge in [-0.3, -0.25) is 0 Å². The van der Waals surface area contributed by atoms with E-state index >= 15 is 0 Å². The van der Waals surface area contributed by atoms with Crippen LogP contribution in [-0.4, -0.2) is 26.1 Å². The molecule has 2 aromatic rings. The number of rotatable bonds is 4. The van der Waals surface area contributed by atoms with Crippen molar-refractivity contribution in [2.75, 3.05) is 11.9 Å². The average molecular weight is 310 g/mol. The summed E-state index contributed by atoms with van der Waals surface area (Å²) in [6, 6.07) is 0. The van der Waals surface area contributed by atoms with Crippen LogP contribution in [0.25, 0.3) is 11.5 Å². The molecule has 5 nitrogen and oxygen atoms in total. The summed E-state index contributed by atoms with van der Waals surface area (Å²) in [7, 11) is 1.93. The molecule has 2 rings (SSSR count). The lowest BCUT2D eigenvalue weighted by atomic mass is 10.3. The number of nitrogens with zero attached hydrogens (tertiary/aromatic N) is 4. The van der Waals surface area contributed by atoms with Gasteiger partial charge in [-0.05, 0) is 29.3 Å². The van der Waals surface area contributed by atoms with Gasteiger partial charge in [-0.2, -0.15) is 0 Å². The molecule has 0 bridgehead atoms. The number of halogens is 1. The summed E-state index contributed by atoms with van der Waals surface area (Å²) in [5.74, 6) is 1.52. The first-order valence-corrected chi connectivity index (χ1v) is 6.67. The minimum absolute atomic E-state index is 0.689. The highest BCUT2D eigenvalue weighted by molar-refractivity contribution is 9.10.